The van der Waals surface area contributed by atoms with Gasteiger partial charge in [0.1, 0.15) is 0 Å². The number of rotatable bonds is 9. The molecular weight excluding hydrogens is 242 g/mol. The predicted octanol–water partition coefficient (Wildman–Crippen LogP) is 4.88. The summed E-state index contributed by atoms with van der Waals surface area (Å²) < 4.78 is 0. The second kappa shape index (κ2) is 7.64. The van der Waals surface area contributed by atoms with Crippen molar-refractivity contribution in [3.63, 3.8) is 0 Å². The first kappa shape index (κ1) is 15.3. The molecule has 0 aliphatic heterocycles. The van der Waals surface area contributed by atoms with E-state index in [2.05, 4.69) is 43.9 Å². The maximum absolute atomic E-state index is 4.22. The van der Waals surface area contributed by atoms with Crippen molar-refractivity contribution >= 4 is 5.57 Å². The number of allylic oxidation sites excluding steroid dienone is 1. The molecule has 1 saturated carbocycles. The fourth-order valence-corrected chi connectivity index (χ4v) is 2.64. The lowest BCUT2D eigenvalue weighted by atomic mass is 9.94. The monoisotopic (exact) mass is 271 g/mol. The summed E-state index contributed by atoms with van der Waals surface area (Å²) in [5.74, 6) is 0. The molecule has 1 nitrogen and oxygen atoms in total. The van der Waals surface area contributed by atoms with Crippen molar-refractivity contribution in [2.45, 2.75) is 64.8 Å². The van der Waals surface area contributed by atoms with Crippen LogP contribution in [0.4, 0.5) is 0 Å². The van der Waals surface area contributed by atoms with E-state index in [-0.39, 0.29) is 0 Å². The normalized spacial score (nSPS) is 14.5. The highest BCUT2D eigenvalue weighted by Gasteiger charge is 2.19. The van der Waals surface area contributed by atoms with Crippen molar-refractivity contribution in [1.29, 1.82) is 0 Å². The highest BCUT2D eigenvalue weighted by Crippen LogP contribution is 2.24. The van der Waals surface area contributed by atoms with Crippen molar-refractivity contribution in [2.24, 2.45) is 0 Å². The molecule has 0 atom stereocenters. The Hall–Kier alpha value is -1.08. The zero-order valence-electron chi connectivity index (χ0n) is 13.2. The van der Waals surface area contributed by atoms with Gasteiger partial charge >= 0.3 is 0 Å². The third kappa shape index (κ3) is 4.79. The molecule has 110 valence electrons. The molecule has 0 radical (unpaired) electrons. The Kier molecular flexibility index (Phi) is 5.85. The van der Waals surface area contributed by atoms with Gasteiger partial charge in [0.15, 0.2) is 0 Å². The highest BCUT2D eigenvalue weighted by molar-refractivity contribution is 5.66. The average molecular weight is 271 g/mol. The fourth-order valence-electron chi connectivity index (χ4n) is 2.64. The Balaban J connectivity index is 1.77. The van der Waals surface area contributed by atoms with Gasteiger partial charge in [-0.3, -0.25) is 0 Å². The van der Waals surface area contributed by atoms with Crippen LogP contribution in [0.25, 0.3) is 5.57 Å². The van der Waals surface area contributed by atoms with Crippen LogP contribution in [0, 0.1) is 6.92 Å². The van der Waals surface area contributed by atoms with E-state index in [0.717, 1.165) is 12.5 Å². The van der Waals surface area contributed by atoms with Crippen LogP contribution < -0.4 is 5.32 Å². The molecule has 1 fully saturated rings. The molecule has 1 aromatic rings. The number of unbranched alkanes of at least 4 members (excludes halogenated alkanes) is 2. The lowest BCUT2D eigenvalue weighted by Gasteiger charge is -2.12. The Morgan fingerprint density at radius 2 is 2.05 bits per heavy atom. The molecule has 0 amide bonds. The smallest absolute Gasteiger partial charge is 0.00682 e. The van der Waals surface area contributed by atoms with Crippen molar-refractivity contribution < 1.29 is 0 Å². The first-order chi connectivity index (χ1) is 9.70. The number of nitrogens with one attached hydrogen (secondary N) is 1. The molecule has 0 saturated heterocycles. The van der Waals surface area contributed by atoms with E-state index in [4.69, 9.17) is 0 Å². The molecule has 1 heteroatoms. The maximum Gasteiger partial charge on any atom is 0.00682 e. The summed E-state index contributed by atoms with van der Waals surface area (Å²) >= 11 is 0. The Morgan fingerprint density at radius 1 is 1.25 bits per heavy atom. The van der Waals surface area contributed by atoms with Crippen molar-refractivity contribution in [1.82, 2.24) is 5.32 Å². The third-order valence-corrected chi connectivity index (χ3v) is 4.21. The van der Waals surface area contributed by atoms with Gasteiger partial charge in [0.2, 0.25) is 0 Å². The van der Waals surface area contributed by atoms with E-state index in [0.29, 0.717) is 0 Å². The second-order valence-electron chi connectivity index (χ2n) is 6.16. The van der Waals surface area contributed by atoms with Gasteiger partial charge in [-0.15, -0.1) is 0 Å². The summed E-state index contributed by atoms with van der Waals surface area (Å²) in [5, 5.41) is 3.59. The molecule has 0 unspecified atom stereocenters. The first-order valence-electron chi connectivity index (χ1n) is 8.21. The van der Waals surface area contributed by atoms with Crippen LogP contribution in [-0.2, 0) is 6.42 Å². The van der Waals surface area contributed by atoms with Crippen LogP contribution in [0.1, 0.15) is 62.1 Å². The second-order valence-corrected chi connectivity index (χ2v) is 6.16. The maximum atomic E-state index is 4.22. The van der Waals surface area contributed by atoms with Crippen molar-refractivity contribution in [3.8, 4) is 0 Å². The van der Waals surface area contributed by atoms with Gasteiger partial charge in [-0.2, -0.15) is 0 Å². The fraction of sp³-hybridized carbons (Fsp3) is 0.579. The minimum absolute atomic E-state index is 0.853. The highest BCUT2D eigenvalue weighted by atomic mass is 14.9. The SMILES string of the molecule is C=C(CC)c1cc(C)ccc1CCCCCNC1CC1. The van der Waals surface area contributed by atoms with Crippen LogP contribution in [-0.4, -0.2) is 12.6 Å². The molecule has 1 aliphatic carbocycles. The topological polar surface area (TPSA) is 12.0 Å². The van der Waals surface area contributed by atoms with E-state index in [1.165, 1.54) is 67.3 Å². The lowest BCUT2D eigenvalue weighted by Crippen LogP contribution is -2.17. The largest absolute Gasteiger partial charge is 0.314 e. The summed E-state index contributed by atoms with van der Waals surface area (Å²) in [6, 6.07) is 7.69. The molecule has 2 rings (SSSR count). The number of hydrogen-bond donors (Lipinski definition) is 1. The predicted molar refractivity (Wildman–Crippen MR) is 89.1 cm³/mol. The molecule has 20 heavy (non-hydrogen) atoms. The van der Waals surface area contributed by atoms with Crippen LogP contribution >= 0.6 is 0 Å². The van der Waals surface area contributed by atoms with E-state index >= 15 is 0 Å². The number of hydrogen-bond acceptors (Lipinski definition) is 1. The molecule has 1 aliphatic rings. The van der Waals surface area contributed by atoms with Crippen LogP contribution in [0.3, 0.4) is 0 Å². The molecule has 0 bridgehead atoms. The van der Waals surface area contributed by atoms with Gasteiger partial charge in [-0.05, 0) is 68.7 Å². The Labute approximate surface area is 124 Å². The summed E-state index contributed by atoms with van der Waals surface area (Å²) in [6.07, 6.45) is 8.95. The summed E-state index contributed by atoms with van der Waals surface area (Å²) in [4.78, 5) is 0. The van der Waals surface area contributed by atoms with E-state index in [9.17, 15) is 0 Å². The van der Waals surface area contributed by atoms with Gasteiger partial charge < -0.3 is 5.32 Å². The third-order valence-electron chi connectivity index (χ3n) is 4.21. The van der Waals surface area contributed by atoms with Crippen LogP contribution in [0.5, 0.6) is 0 Å². The summed E-state index contributed by atoms with van der Waals surface area (Å²) in [6.45, 7) is 9.78. The minimum Gasteiger partial charge on any atom is -0.314 e. The van der Waals surface area contributed by atoms with Crippen LogP contribution in [0.2, 0.25) is 0 Å². The quantitative estimate of drug-likeness (QED) is 0.631. The van der Waals surface area contributed by atoms with E-state index < -0.39 is 0 Å². The number of aryl methyl sites for hydroxylation is 2. The van der Waals surface area contributed by atoms with E-state index in [1.807, 2.05) is 0 Å². The molecule has 1 N–H and O–H groups in total. The summed E-state index contributed by atoms with van der Waals surface area (Å²) in [7, 11) is 0. The van der Waals surface area contributed by atoms with Gasteiger partial charge in [0.05, 0.1) is 0 Å². The molecular formula is C19H29N. The molecule has 0 aromatic heterocycles. The molecule has 0 heterocycles. The molecule has 1 aromatic carbocycles. The first-order valence-corrected chi connectivity index (χ1v) is 8.21. The van der Waals surface area contributed by atoms with Crippen molar-refractivity contribution in [2.75, 3.05) is 6.54 Å². The Morgan fingerprint density at radius 3 is 2.75 bits per heavy atom. The number of benzene rings is 1. The zero-order valence-corrected chi connectivity index (χ0v) is 13.2. The lowest BCUT2D eigenvalue weighted by molar-refractivity contribution is 0.600. The van der Waals surface area contributed by atoms with Gasteiger partial charge in [-0.1, -0.05) is 43.7 Å². The van der Waals surface area contributed by atoms with Crippen molar-refractivity contribution in [3.05, 3.63) is 41.5 Å². The van der Waals surface area contributed by atoms with Gasteiger partial charge in [0.25, 0.3) is 0 Å². The summed E-state index contributed by atoms with van der Waals surface area (Å²) in [5.41, 5.74) is 5.49. The van der Waals surface area contributed by atoms with E-state index in [1.54, 1.807) is 0 Å². The average Bonchev–Trinajstić information content (AvgIpc) is 3.27. The van der Waals surface area contributed by atoms with Crippen LogP contribution in [0.15, 0.2) is 24.8 Å². The zero-order chi connectivity index (χ0) is 14.4. The van der Waals surface area contributed by atoms with Gasteiger partial charge in [-0.25, -0.2) is 0 Å². The molecule has 0 spiro atoms. The standard InChI is InChI=1S/C19H29N/c1-4-16(3)19-14-15(2)9-10-17(19)8-6-5-7-13-20-18-11-12-18/h9-10,14,18,20H,3-8,11-13H2,1-2H3. The van der Waals surface area contributed by atoms with Gasteiger partial charge in [0, 0.05) is 6.04 Å². The Bertz CT molecular complexity index is 443. The minimum atomic E-state index is 0.853.